The summed E-state index contributed by atoms with van der Waals surface area (Å²) in [6, 6.07) is 0. The molecule has 0 heterocycles. The van der Waals surface area contributed by atoms with Crippen molar-refractivity contribution >= 4 is 5.78 Å². The second kappa shape index (κ2) is 2.96. The summed E-state index contributed by atoms with van der Waals surface area (Å²) in [4.78, 5) is 12.2. The lowest BCUT2D eigenvalue weighted by atomic mass is 9.54. The molecule has 1 nitrogen and oxygen atoms in total. The van der Waals surface area contributed by atoms with Crippen molar-refractivity contribution in [2.75, 3.05) is 0 Å². The molecule has 15 heavy (non-hydrogen) atoms. The zero-order valence-corrected chi connectivity index (χ0v) is 10.6. The summed E-state index contributed by atoms with van der Waals surface area (Å²) in [5, 5.41) is 0. The average molecular weight is 206 g/mol. The van der Waals surface area contributed by atoms with Crippen LogP contribution in [0.4, 0.5) is 0 Å². The first-order chi connectivity index (χ1) is 6.75. The minimum atomic E-state index is -0.109. The minimum absolute atomic E-state index is 0.109. The Balaban J connectivity index is 2.44. The lowest BCUT2D eigenvalue weighted by Gasteiger charge is -2.49. The largest absolute Gasteiger partial charge is 0.298 e. The van der Waals surface area contributed by atoms with Crippen molar-refractivity contribution in [1.29, 1.82) is 0 Å². The summed E-state index contributed by atoms with van der Waals surface area (Å²) in [6.07, 6.45) is 4.35. The molecule has 2 aliphatic rings. The number of carbonyl (C=O) groups is 1. The van der Waals surface area contributed by atoms with E-state index in [1.165, 1.54) is 5.57 Å². The molecule has 0 amide bonds. The Morgan fingerprint density at radius 2 is 1.87 bits per heavy atom. The fourth-order valence-electron chi connectivity index (χ4n) is 3.25. The Morgan fingerprint density at radius 3 is 2.47 bits per heavy atom. The van der Waals surface area contributed by atoms with Gasteiger partial charge in [-0.25, -0.2) is 0 Å². The van der Waals surface area contributed by atoms with Crippen LogP contribution in [0.15, 0.2) is 11.6 Å². The molecule has 0 aliphatic heterocycles. The maximum absolute atomic E-state index is 12.2. The molecule has 2 bridgehead atoms. The van der Waals surface area contributed by atoms with Gasteiger partial charge in [-0.05, 0) is 31.1 Å². The summed E-state index contributed by atoms with van der Waals surface area (Å²) >= 11 is 0. The Kier molecular flexibility index (Phi) is 2.15. The molecule has 0 saturated heterocycles. The first-order valence-electron chi connectivity index (χ1n) is 5.98. The van der Waals surface area contributed by atoms with E-state index in [0.717, 1.165) is 12.8 Å². The Morgan fingerprint density at radius 1 is 1.27 bits per heavy atom. The third kappa shape index (κ3) is 1.47. The van der Waals surface area contributed by atoms with Gasteiger partial charge in [-0.3, -0.25) is 4.79 Å². The summed E-state index contributed by atoms with van der Waals surface area (Å²) in [7, 11) is 0. The highest BCUT2D eigenvalue weighted by Gasteiger charge is 2.48. The third-order valence-corrected chi connectivity index (χ3v) is 4.79. The van der Waals surface area contributed by atoms with E-state index in [9.17, 15) is 4.79 Å². The molecule has 1 saturated carbocycles. The fraction of sp³-hybridized carbons (Fsp3) is 0.786. The van der Waals surface area contributed by atoms with E-state index in [0.29, 0.717) is 11.7 Å². The summed E-state index contributed by atoms with van der Waals surface area (Å²) < 4.78 is 0. The van der Waals surface area contributed by atoms with Crippen LogP contribution in [0.5, 0.6) is 0 Å². The van der Waals surface area contributed by atoms with Crippen molar-refractivity contribution in [1.82, 2.24) is 0 Å². The smallest absolute Gasteiger partial charge is 0.145 e. The maximum Gasteiger partial charge on any atom is 0.145 e. The molecular formula is C14H22O. The van der Waals surface area contributed by atoms with Gasteiger partial charge in [-0.1, -0.05) is 39.3 Å². The fourth-order valence-corrected chi connectivity index (χ4v) is 3.25. The summed E-state index contributed by atoms with van der Waals surface area (Å²) in [5.74, 6) is 1.33. The molecule has 2 aliphatic carbocycles. The van der Waals surface area contributed by atoms with Crippen molar-refractivity contribution in [3.8, 4) is 0 Å². The van der Waals surface area contributed by atoms with Crippen LogP contribution in [0.3, 0.4) is 0 Å². The van der Waals surface area contributed by atoms with E-state index < -0.39 is 0 Å². The normalized spacial score (nSPS) is 37.4. The number of fused-ring (bicyclic) bond motifs is 2. The standard InChI is InChI=1S/C14H22O/c1-9-6-10-7-11(14(9,4)5)8-13(2,3)12(10)15/h6,10-11H,7-8H2,1-5H3/t10-,11+/m0/s1. The highest BCUT2D eigenvalue weighted by Crippen LogP contribution is 2.53. The SMILES string of the molecule is CC1=C[C@H]2C[C@H](CC(C)(C)C2=O)C1(C)C. The average Bonchev–Trinajstić information content (AvgIpc) is 2.10. The molecule has 1 heteroatoms. The van der Waals surface area contributed by atoms with Gasteiger partial charge in [0.05, 0.1) is 0 Å². The van der Waals surface area contributed by atoms with Crippen LogP contribution in [0.25, 0.3) is 0 Å². The molecule has 84 valence electrons. The van der Waals surface area contributed by atoms with Crippen LogP contribution < -0.4 is 0 Å². The molecule has 0 aromatic carbocycles. The minimum Gasteiger partial charge on any atom is -0.298 e. The number of hydrogen-bond acceptors (Lipinski definition) is 1. The van der Waals surface area contributed by atoms with E-state index in [4.69, 9.17) is 0 Å². The second-order valence-corrected chi connectivity index (χ2v) is 6.56. The van der Waals surface area contributed by atoms with Crippen LogP contribution in [0.2, 0.25) is 0 Å². The first-order valence-corrected chi connectivity index (χ1v) is 5.98. The zero-order chi connectivity index (χ0) is 11.4. The van der Waals surface area contributed by atoms with Gasteiger partial charge in [-0.15, -0.1) is 0 Å². The molecule has 0 spiro atoms. The van der Waals surface area contributed by atoms with E-state index in [1.54, 1.807) is 0 Å². The molecule has 0 radical (unpaired) electrons. The number of hydrogen-bond donors (Lipinski definition) is 0. The van der Waals surface area contributed by atoms with E-state index >= 15 is 0 Å². The van der Waals surface area contributed by atoms with Crippen molar-refractivity contribution in [3.63, 3.8) is 0 Å². The van der Waals surface area contributed by atoms with Crippen LogP contribution in [-0.2, 0) is 4.79 Å². The predicted octanol–water partition coefficient (Wildman–Crippen LogP) is 3.59. The van der Waals surface area contributed by atoms with Crippen LogP contribution >= 0.6 is 0 Å². The van der Waals surface area contributed by atoms with Gasteiger partial charge < -0.3 is 0 Å². The molecule has 0 N–H and O–H groups in total. The van der Waals surface area contributed by atoms with Crippen LogP contribution in [0.1, 0.15) is 47.5 Å². The number of ketones is 1. The van der Waals surface area contributed by atoms with Crippen LogP contribution in [0, 0.1) is 22.7 Å². The van der Waals surface area contributed by atoms with Gasteiger partial charge in [0.25, 0.3) is 0 Å². The maximum atomic E-state index is 12.2. The molecule has 2 rings (SSSR count). The highest BCUT2D eigenvalue weighted by atomic mass is 16.1. The first kappa shape index (κ1) is 10.9. The van der Waals surface area contributed by atoms with E-state index in [-0.39, 0.29) is 16.7 Å². The summed E-state index contributed by atoms with van der Waals surface area (Å²) in [5.41, 5.74) is 1.59. The Bertz CT molecular complexity index is 333. The van der Waals surface area contributed by atoms with Crippen molar-refractivity contribution in [3.05, 3.63) is 11.6 Å². The molecule has 0 aromatic rings. The predicted molar refractivity (Wildman–Crippen MR) is 62.5 cm³/mol. The van der Waals surface area contributed by atoms with Gasteiger partial charge in [0, 0.05) is 11.3 Å². The molecule has 2 atom stereocenters. The number of carbonyl (C=O) groups excluding carboxylic acids is 1. The molecule has 1 fully saturated rings. The van der Waals surface area contributed by atoms with E-state index in [2.05, 4.69) is 40.7 Å². The molecule has 0 unspecified atom stereocenters. The Hall–Kier alpha value is -0.590. The molecule has 0 aromatic heterocycles. The van der Waals surface area contributed by atoms with Gasteiger partial charge in [0.1, 0.15) is 5.78 Å². The van der Waals surface area contributed by atoms with Gasteiger partial charge in [0.2, 0.25) is 0 Å². The second-order valence-electron chi connectivity index (χ2n) is 6.56. The van der Waals surface area contributed by atoms with Crippen molar-refractivity contribution < 1.29 is 4.79 Å². The third-order valence-electron chi connectivity index (χ3n) is 4.79. The van der Waals surface area contributed by atoms with Crippen LogP contribution in [-0.4, -0.2) is 5.78 Å². The molecular weight excluding hydrogens is 184 g/mol. The monoisotopic (exact) mass is 206 g/mol. The van der Waals surface area contributed by atoms with Gasteiger partial charge in [-0.2, -0.15) is 0 Å². The Labute approximate surface area is 92.9 Å². The highest BCUT2D eigenvalue weighted by molar-refractivity contribution is 5.89. The van der Waals surface area contributed by atoms with Gasteiger partial charge in [0.15, 0.2) is 0 Å². The lowest BCUT2D eigenvalue weighted by Crippen LogP contribution is -2.46. The number of allylic oxidation sites excluding steroid dienone is 2. The van der Waals surface area contributed by atoms with Crippen molar-refractivity contribution in [2.24, 2.45) is 22.7 Å². The quantitative estimate of drug-likeness (QED) is 0.553. The lowest BCUT2D eigenvalue weighted by molar-refractivity contribution is -0.136. The zero-order valence-electron chi connectivity index (χ0n) is 10.6. The number of rotatable bonds is 0. The van der Waals surface area contributed by atoms with Crippen molar-refractivity contribution in [2.45, 2.75) is 47.5 Å². The van der Waals surface area contributed by atoms with E-state index in [1.807, 2.05) is 0 Å². The number of Topliss-reactive ketones (excluding diaryl/α,β-unsaturated/α-hetero) is 1. The summed E-state index contributed by atoms with van der Waals surface area (Å²) in [6.45, 7) is 11.1. The topological polar surface area (TPSA) is 17.1 Å². The van der Waals surface area contributed by atoms with Gasteiger partial charge >= 0.3 is 0 Å².